The van der Waals surface area contributed by atoms with E-state index in [1.54, 1.807) is 62.7 Å². The van der Waals surface area contributed by atoms with Crippen molar-refractivity contribution >= 4 is 33.8 Å². The zero-order valence-corrected chi connectivity index (χ0v) is 26.2. The maximum atomic E-state index is 13.7. The molecule has 0 spiro atoms. The molecule has 0 saturated heterocycles. The third-order valence-corrected chi connectivity index (χ3v) is 8.97. The fourth-order valence-electron chi connectivity index (χ4n) is 4.62. The Hall–Kier alpha value is -3.58. The Morgan fingerprint density at radius 3 is 2.52 bits per heavy atom. The van der Waals surface area contributed by atoms with Crippen molar-refractivity contribution in [1.82, 2.24) is 24.3 Å². The number of thioether (sulfide) groups is 1. The van der Waals surface area contributed by atoms with Gasteiger partial charge in [-0.3, -0.25) is 4.68 Å². The summed E-state index contributed by atoms with van der Waals surface area (Å²) in [5.41, 5.74) is 2.96. The highest BCUT2D eigenvalue weighted by Gasteiger charge is 2.36. The van der Waals surface area contributed by atoms with E-state index >= 15 is 0 Å². The second-order valence-corrected chi connectivity index (χ2v) is 13.6. The first-order chi connectivity index (χ1) is 19.9. The maximum Gasteiger partial charge on any atom is 0.407 e. The predicted octanol–water partition coefficient (Wildman–Crippen LogP) is 4.76. The maximum absolute atomic E-state index is 13.7. The SMILES string of the molecule is C=CCSc1nn(S(=O)(=O)c2ccc(C)cc2)c2c1-c1nn(CCCNC(=O)OC(C)(C)C)c(C(=O)OCC)c1CC2. The second-order valence-electron chi connectivity index (χ2n) is 10.8. The van der Waals surface area contributed by atoms with E-state index in [2.05, 4.69) is 17.0 Å². The fourth-order valence-corrected chi connectivity index (χ4v) is 6.79. The summed E-state index contributed by atoms with van der Waals surface area (Å²) >= 11 is 1.35. The molecule has 0 bridgehead atoms. The van der Waals surface area contributed by atoms with E-state index in [9.17, 15) is 18.0 Å². The summed E-state index contributed by atoms with van der Waals surface area (Å²) in [6.45, 7) is 13.6. The van der Waals surface area contributed by atoms with Crippen LogP contribution < -0.4 is 5.32 Å². The van der Waals surface area contributed by atoms with Crippen LogP contribution in [-0.2, 0) is 38.9 Å². The van der Waals surface area contributed by atoms with Crippen molar-refractivity contribution in [2.75, 3.05) is 18.9 Å². The molecular weight excluding hydrogens is 578 g/mol. The average molecular weight is 616 g/mol. The van der Waals surface area contributed by atoms with Crippen molar-refractivity contribution in [2.24, 2.45) is 0 Å². The lowest BCUT2D eigenvalue weighted by Gasteiger charge is -2.19. The first kappa shape index (κ1) is 31.4. The monoisotopic (exact) mass is 615 g/mol. The summed E-state index contributed by atoms with van der Waals surface area (Å²) in [6, 6.07) is 6.64. The van der Waals surface area contributed by atoms with Gasteiger partial charge in [0.1, 0.15) is 22.0 Å². The second kappa shape index (κ2) is 12.7. The lowest BCUT2D eigenvalue weighted by Crippen LogP contribution is -2.33. The van der Waals surface area contributed by atoms with Crippen LogP contribution in [0.3, 0.4) is 0 Å². The van der Waals surface area contributed by atoms with Gasteiger partial charge < -0.3 is 14.8 Å². The van der Waals surface area contributed by atoms with Crippen LogP contribution in [0.4, 0.5) is 4.79 Å². The molecule has 42 heavy (non-hydrogen) atoms. The molecule has 0 saturated carbocycles. The number of nitrogens with zero attached hydrogens (tertiary/aromatic N) is 4. The number of nitrogens with one attached hydrogen (secondary N) is 1. The van der Waals surface area contributed by atoms with Gasteiger partial charge in [0.2, 0.25) is 0 Å². The standard InChI is InChI=1S/C29H37N5O6S2/c1-7-18-41-26-23-22(34(32-26)42(37,38)20-12-10-19(3)11-13-20)15-14-21-24(23)31-33(25(21)27(35)39-8-2)17-9-16-30-28(36)40-29(4,5)6/h7,10-13H,1,8-9,14-18H2,2-6H3,(H,30,36). The summed E-state index contributed by atoms with van der Waals surface area (Å²) in [6.07, 6.45) is 2.39. The van der Waals surface area contributed by atoms with Crippen LogP contribution in [0.1, 0.15) is 61.4 Å². The number of hydrogen-bond donors (Lipinski definition) is 1. The molecule has 11 nitrogen and oxygen atoms in total. The number of ether oxygens (including phenoxy) is 2. The first-order valence-electron chi connectivity index (χ1n) is 13.8. The third-order valence-electron chi connectivity index (χ3n) is 6.38. The molecule has 3 aromatic rings. The Morgan fingerprint density at radius 2 is 1.88 bits per heavy atom. The van der Waals surface area contributed by atoms with Crippen LogP contribution in [0.15, 0.2) is 46.8 Å². The number of alkyl carbamates (subject to hydrolysis) is 1. The number of amides is 1. The van der Waals surface area contributed by atoms with E-state index in [1.165, 1.54) is 11.8 Å². The molecular formula is C29H37N5O6S2. The Balaban J connectivity index is 1.73. The molecule has 13 heteroatoms. The molecule has 0 unspecified atom stereocenters. The van der Waals surface area contributed by atoms with Crippen molar-refractivity contribution in [3.8, 4) is 11.3 Å². The molecule has 4 rings (SSSR count). The van der Waals surface area contributed by atoms with Crippen LogP contribution in [0, 0.1) is 6.92 Å². The molecule has 226 valence electrons. The Bertz CT molecular complexity index is 1580. The molecule has 1 aromatic carbocycles. The molecule has 1 aliphatic carbocycles. The predicted molar refractivity (Wildman–Crippen MR) is 160 cm³/mol. The van der Waals surface area contributed by atoms with E-state index in [1.807, 2.05) is 6.92 Å². The zero-order chi connectivity index (χ0) is 30.7. The highest BCUT2D eigenvalue weighted by atomic mass is 32.2. The van der Waals surface area contributed by atoms with Gasteiger partial charge in [-0.1, -0.05) is 35.5 Å². The van der Waals surface area contributed by atoms with E-state index in [0.717, 1.165) is 9.65 Å². The smallest absolute Gasteiger partial charge is 0.407 e. The fraction of sp³-hybridized carbons (Fsp3) is 0.448. The van der Waals surface area contributed by atoms with Crippen LogP contribution >= 0.6 is 11.8 Å². The zero-order valence-electron chi connectivity index (χ0n) is 24.6. The van der Waals surface area contributed by atoms with Gasteiger partial charge >= 0.3 is 12.1 Å². The van der Waals surface area contributed by atoms with Crippen LogP contribution in [0.5, 0.6) is 0 Å². The molecule has 0 aliphatic heterocycles. The van der Waals surface area contributed by atoms with Crippen LogP contribution in [-0.4, -0.2) is 64.0 Å². The minimum Gasteiger partial charge on any atom is -0.461 e. The Kier molecular flexibility index (Phi) is 9.51. The minimum atomic E-state index is -3.98. The van der Waals surface area contributed by atoms with Gasteiger partial charge in [-0.05, 0) is 66.0 Å². The summed E-state index contributed by atoms with van der Waals surface area (Å²) in [5, 5.41) is 12.6. The summed E-state index contributed by atoms with van der Waals surface area (Å²) in [4.78, 5) is 25.3. The van der Waals surface area contributed by atoms with Crippen molar-refractivity contribution in [2.45, 2.75) is 75.9 Å². The lowest BCUT2D eigenvalue weighted by atomic mass is 9.94. The summed E-state index contributed by atoms with van der Waals surface area (Å²) < 4.78 is 40.8. The molecule has 1 amide bonds. The van der Waals surface area contributed by atoms with Gasteiger partial charge in [-0.2, -0.15) is 22.7 Å². The van der Waals surface area contributed by atoms with E-state index in [0.29, 0.717) is 71.3 Å². The number of carbonyl (C=O) groups is 2. The molecule has 2 heterocycles. The number of hydrogen-bond acceptors (Lipinski definition) is 9. The number of carbonyl (C=O) groups excluding carboxylic acids is 2. The van der Waals surface area contributed by atoms with Crippen molar-refractivity contribution in [3.05, 3.63) is 59.4 Å². The molecule has 0 radical (unpaired) electrons. The molecule has 1 aliphatic rings. The van der Waals surface area contributed by atoms with E-state index in [4.69, 9.17) is 14.6 Å². The molecule has 2 aromatic heterocycles. The normalized spacial score (nSPS) is 12.8. The number of rotatable bonds is 11. The first-order valence-corrected chi connectivity index (χ1v) is 16.2. The summed E-state index contributed by atoms with van der Waals surface area (Å²) in [5.74, 6) is 0.000255. The van der Waals surface area contributed by atoms with Gasteiger partial charge in [0, 0.05) is 24.4 Å². The number of esters is 1. The van der Waals surface area contributed by atoms with Crippen molar-refractivity contribution in [3.63, 3.8) is 0 Å². The third kappa shape index (κ3) is 6.73. The number of aryl methyl sites for hydroxylation is 2. The topological polar surface area (TPSA) is 134 Å². The number of aromatic nitrogens is 4. The molecule has 0 atom stereocenters. The van der Waals surface area contributed by atoms with E-state index < -0.39 is 27.7 Å². The minimum absolute atomic E-state index is 0.139. The average Bonchev–Trinajstić information content (AvgIpc) is 3.48. The quantitative estimate of drug-likeness (QED) is 0.140. The highest BCUT2D eigenvalue weighted by molar-refractivity contribution is 7.99. The Morgan fingerprint density at radius 1 is 1.17 bits per heavy atom. The highest BCUT2D eigenvalue weighted by Crippen LogP contribution is 2.42. The molecule has 1 N–H and O–H groups in total. The van der Waals surface area contributed by atoms with Gasteiger partial charge in [-0.25, -0.2) is 9.59 Å². The molecule has 0 fully saturated rings. The van der Waals surface area contributed by atoms with Gasteiger partial charge in [0.05, 0.1) is 22.8 Å². The van der Waals surface area contributed by atoms with Crippen molar-refractivity contribution < 1.29 is 27.5 Å². The lowest BCUT2D eigenvalue weighted by molar-refractivity contribution is 0.0500. The van der Waals surface area contributed by atoms with Crippen LogP contribution in [0.2, 0.25) is 0 Å². The number of benzene rings is 1. The van der Waals surface area contributed by atoms with Gasteiger partial charge in [0.25, 0.3) is 10.0 Å². The largest absolute Gasteiger partial charge is 0.461 e. The van der Waals surface area contributed by atoms with Crippen LogP contribution in [0.25, 0.3) is 11.3 Å². The Labute approximate surface area is 250 Å². The van der Waals surface area contributed by atoms with Gasteiger partial charge in [-0.15, -0.1) is 6.58 Å². The van der Waals surface area contributed by atoms with Gasteiger partial charge in [0.15, 0.2) is 0 Å². The van der Waals surface area contributed by atoms with E-state index in [-0.39, 0.29) is 11.5 Å². The number of fused-ring (bicyclic) bond motifs is 3. The summed E-state index contributed by atoms with van der Waals surface area (Å²) in [7, 11) is -3.98. The van der Waals surface area contributed by atoms with Crippen molar-refractivity contribution in [1.29, 1.82) is 0 Å².